The second-order valence-corrected chi connectivity index (χ2v) is 6.21. The summed E-state index contributed by atoms with van der Waals surface area (Å²) in [6.07, 6.45) is 4.60. The van der Waals surface area contributed by atoms with Gasteiger partial charge in [0.1, 0.15) is 11.9 Å². The third-order valence-corrected chi connectivity index (χ3v) is 4.01. The van der Waals surface area contributed by atoms with Crippen molar-refractivity contribution in [1.29, 1.82) is 0 Å². The molecule has 0 saturated carbocycles. The van der Waals surface area contributed by atoms with Crippen LogP contribution in [0.2, 0.25) is 0 Å². The first-order valence-electron chi connectivity index (χ1n) is 7.67. The van der Waals surface area contributed by atoms with Gasteiger partial charge in [-0.05, 0) is 37.0 Å². The van der Waals surface area contributed by atoms with Gasteiger partial charge in [-0.3, -0.25) is 0 Å². The Labute approximate surface area is 120 Å². The lowest BCUT2D eigenvalue weighted by molar-refractivity contribution is 0.0952. The summed E-state index contributed by atoms with van der Waals surface area (Å²) in [7, 11) is 0. The van der Waals surface area contributed by atoms with Crippen LogP contribution >= 0.6 is 0 Å². The van der Waals surface area contributed by atoms with Gasteiger partial charge >= 0.3 is 0 Å². The van der Waals surface area contributed by atoms with Crippen LogP contribution in [0.1, 0.15) is 26.7 Å². The van der Waals surface area contributed by atoms with Gasteiger partial charge in [0.05, 0.1) is 0 Å². The van der Waals surface area contributed by atoms with Gasteiger partial charge in [-0.25, -0.2) is 0 Å². The molecule has 3 heteroatoms. The minimum Gasteiger partial charge on any atom is -0.490 e. The molecule has 1 N–H and O–H groups in total. The highest BCUT2D eigenvalue weighted by Gasteiger charge is 2.21. The van der Waals surface area contributed by atoms with E-state index in [1.807, 2.05) is 6.20 Å². The molecule has 1 aromatic heterocycles. The molecule has 0 atom stereocenters. The van der Waals surface area contributed by atoms with E-state index in [4.69, 9.17) is 4.74 Å². The van der Waals surface area contributed by atoms with Crippen LogP contribution < -0.4 is 4.74 Å². The van der Waals surface area contributed by atoms with Crippen molar-refractivity contribution in [1.82, 2.24) is 9.88 Å². The van der Waals surface area contributed by atoms with Crippen LogP contribution in [0, 0.1) is 5.92 Å². The Morgan fingerprint density at radius 2 is 2.05 bits per heavy atom. The second-order valence-electron chi connectivity index (χ2n) is 6.21. The summed E-state index contributed by atoms with van der Waals surface area (Å²) < 4.78 is 6.23. The number of benzene rings is 1. The molecule has 1 aliphatic heterocycles. The molecule has 0 unspecified atom stereocenters. The van der Waals surface area contributed by atoms with Gasteiger partial charge in [0.2, 0.25) is 0 Å². The SMILES string of the molecule is CC(C)CN1CCC(Oc2cccc3[nH]ccc23)CC1. The molecule has 0 radical (unpaired) electrons. The fourth-order valence-electron chi connectivity index (χ4n) is 3.06. The number of nitrogens with one attached hydrogen (secondary N) is 1. The lowest BCUT2D eigenvalue weighted by Crippen LogP contribution is -2.39. The number of hydrogen-bond donors (Lipinski definition) is 1. The van der Waals surface area contributed by atoms with Crippen molar-refractivity contribution in [2.24, 2.45) is 5.92 Å². The van der Waals surface area contributed by atoms with Crippen molar-refractivity contribution in [3.8, 4) is 5.75 Å². The van der Waals surface area contributed by atoms with Crippen LogP contribution in [0.3, 0.4) is 0 Å². The van der Waals surface area contributed by atoms with Crippen molar-refractivity contribution in [3.05, 3.63) is 30.5 Å². The van der Waals surface area contributed by atoms with Gasteiger partial charge in [-0.15, -0.1) is 0 Å². The van der Waals surface area contributed by atoms with E-state index >= 15 is 0 Å². The number of nitrogens with zero attached hydrogens (tertiary/aromatic N) is 1. The van der Waals surface area contributed by atoms with Crippen LogP contribution in [0.25, 0.3) is 10.9 Å². The highest BCUT2D eigenvalue weighted by molar-refractivity contribution is 5.85. The van der Waals surface area contributed by atoms with Crippen LogP contribution in [-0.4, -0.2) is 35.6 Å². The number of likely N-dealkylation sites (tertiary alicyclic amines) is 1. The number of hydrogen-bond acceptors (Lipinski definition) is 2. The van der Waals surface area contributed by atoms with E-state index in [0.29, 0.717) is 6.10 Å². The topological polar surface area (TPSA) is 28.3 Å². The monoisotopic (exact) mass is 272 g/mol. The van der Waals surface area contributed by atoms with Gasteiger partial charge in [0.15, 0.2) is 0 Å². The summed E-state index contributed by atoms with van der Waals surface area (Å²) in [5.41, 5.74) is 1.15. The Bertz CT molecular complexity index is 553. The normalized spacial score (nSPS) is 17.9. The van der Waals surface area contributed by atoms with Gasteiger partial charge in [-0.1, -0.05) is 19.9 Å². The molecular formula is C17H24N2O. The van der Waals surface area contributed by atoms with Crippen molar-refractivity contribution in [3.63, 3.8) is 0 Å². The first-order chi connectivity index (χ1) is 9.72. The summed E-state index contributed by atoms with van der Waals surface area (Å²) in [4.78, 5) is 5.79. The number of piperidine rings is 1. The lowest BCUT2D eigenvalue weighted by Gasteiger charge is -2.33. The quantitative estimate of drug-likeness (QED) is 0.920. The first kappa shape index (κ1) is 13.5. The molecule has 1 saturated heterocycles. The number of fused-ring (bicyclic) bond motifs is 1. The van der Waals surface area contributed by atoms with Crippen molar-refractivity contribution >= 4 is 10.9 Å². The Kier molecular flexibility index (Phi) is 3.97. The Morgan fingerprint density at radius 1 is 1.25 bits per heavy atom. The van der Waals surface area contributed by atoms with Crippen LogP contribution in [0.5, 0.6) is 5.75 Å². The molecule has 0 amide bonds. The molecule has 3 rings (SSSR count). The van der Waals surface area contributed by atoms with Crippen LogP contribution in [0.15, 0.2) is 30.5 Å². The number of H-pyrrole nitrogens is 1. The van der Waals surface area contributed by atoms with E-state index in [0.717, 1.165) is 43.1 Å². The van der Waals surface area contributed by atoms with Gasteiger partial charge in [0, 0.05) is 36.7 Å². The van der Waals surface area contributed by atoms with E-state index in [1.165, 1.54) is 11.9 Å². The Balaban J connectivity index is 1.61. The summed E-state index contributed by atoms with van der Waals surface area (Å²) in [5.74, 6) is 1.77. The molecule has 20 heavy (non-hydrogen) atoms. The zero-order valence-electron chi connectivity index (χ0n) is 12.4. The highest BCUT2D eigenvalue weighted by atomic mass is 16.5. The molecule has 2 heterocycles. The fraction of sp³-hybridized carbons (Fsp3) is 0.529. The number of ether oxygens (including phenoxy) is 1. The van der Waals surface area contributed by atoms with E-state index in [2.05, 4.69) is 48.0 Å². The highest BCUT2D eigenvalue weighted by Crippen LogP contribution is 2.27. The van der Waals surface area contributed by atoms with Gasteiger partial charge in [-0.2, -0.15) is 0 Å². The summed E-state index contributed by atoms with van der Waals surface area (Å²) >= 11 is 0. The van der Waals surface area contributed by atoms with E-state index < -0.39 is 0 Å². The minimum absolute atomic E-state index is 0.360. The summed E-state index contributed by atoms with van der Waals surface area (Å²) in [6.45, 7) is 8.10. The molecular weight excluding hydrogens is 248 g/mol. The van der Waals surface area contributed by atoms with Crippen molar-refractivity contribution in [2.45, 2.75) is 32.8 Å². The summed E-state index contributed by atoms with van der Waals surface area (Å²) in [6, 6.07) is 8.32. The molecule has 0 spiro atoms. The third-order valence-electron chi connectivity index (χ3n) is 4.01. The van der Waals surface area contributed by atoms with E-state index in [-0.39, 0.29) is 0 Å². The second kappa shape index (κ2) is 5.88. The maximum Gasteiger partial charge on any atom is 0.129 e. The van der Waals surface area contributed by atoms with Crippen LogP contribution in [-0.2, 0) is 0 Å². The summed E-state index contributed by atoms with van der Waals surface area (Å²) in [5, 5.41) is 1.19. The van der Waals surface area contributed by atoms with E-state index in [1.54, 1.807) is 0 Å². The number of aromatic amines is 1. The number of rotatable bonds is 4. The Morgan fingerprint density at radius 3 is 2.80 bits per heavy atom. The first-order valence-corrected chi connectivity index (χ1v) is 7.67. The molecule has 0 bridgehead atoms. The molecule has 3 nitrogen and oxygen atoms in total. The van der Waals surface area contributed by atoms with Gasteiger partial charge in [0.25, 0.3) is 0 Å². The lowest BCUT2D eigenvalue weighted by atomic mass is 10.1. The predicted molar refractivity (Wildman–Crippen MR) is 83.2 cm³/mol. The smallest absolute Gasteiger partial charge is 0.129 e. The molecule has 1 aromatic carbocycles. The zero-order valence-corrected chi connectivity index (χ0v) is 12.4. The van der Waals surface area contributed by atoms with Crippen LogP contribution in [0.4, 0.5) is 0 Å². The fourth-order valence-corrected chi connectivity index (χ4v) is 3.06. The molecule has 0 aliphatic carbocycles. The maximum atomic E-state index is 6.23. The van der Waals surface area contributed by atoms with E-state index in [9.17, 15) is 0 Å². The minimum atomic E-state index is 0.360. The average Bonchev–Trinajstić information content (AvgIpc) is 2.90. The maximum absolute atomic E-state index is 6.23. The standard InChI is InChI=1S/C17H24N2O/c1-13(2)12-19-10-7-14(8-11-19)20-17-5-3-4-16-15(17)6-9-18-16/h3-6,9,13-14,18H,7-8,10-12H2,1-2H3. The Hall–Kier alpha value is -1.48. The molecule has 108 valence electrons. The third kappa shape index (κ3) is 2.98. The predicted octanol–water partition coefficient (Wildman–Crippen LogP) is 3.67. The average molecular weight is 272 g/mol. The molecule has 1 fully saturated rings. The molecule has 2 aromatic rings. The number of aromatic nitrogens is 1. The van der Waals surface area contributed by atoms with Crippen molar-refractivity contribution < 1.29 is 4.74 Å². The van der Waals surface area contributed by atoms with Crippen molar-refractivity contribution in [2.75, 3.05) is 19.6 Å². The molecule has 1 aliphatic rings. The largest absolute Gasteiger partial charge is 0.490 e. The van der Waals surface area contributed by atoms with Gasteiger partial charge < -0.3 is 14.6 Å². The zero-order chi connectivity index (χ0) is 13.9.